The monoisotopic (exact) mass is 382 g/mol. The van der Waals surface area contributed by atoms with Crippen molar-refractivity contribution in [2.45, 2.75) is 26.1 Å². The molecule has 1 nitrogen and oxygen atoms in total. The number of benzene rings is 2. The molecule has 0 atom stereocenters. The Labute approximate surface area is 131 Å². The molecule has 0 saturated heterocycles. The van der Waals surface area contributed by atoms with E-state index in [1.54, 1.807) is 0 Å². The standard InChI is InChI=1S/C16H16Br2O/c1-10-6-11(2)12(3)15(7-10)19-16-8-14(18)5-4-13(16)9-17/h4-8H,9H2,1-3H3. The van der Waals surface area contributed by atoms with Crippen molar-refractivity contribution in [3.8, 4) is 11.5 Å². The fraction of sp³-hybridized carbons (Fsp3) is 0.250. The molecule has 0 aliphatic heterocycles. The second-order valence-corrected chi connectivity index (χ2v) is 6.17. The Hall–Kier alpha value is -0.800. The summed E-state index contributed by atoms with van der Waals surface area (Å²) in [5.74, 6) is 1.82. The lowest BCUT2D eigenvalue weighted by molar-refractivity contribution is 0.473. The van der Waals surface area contributed by atoms with Crippen molar-refractivity contribution in [3.05, 3.63) is 57.1 Å². The molecule has 0 spiro atoms. The molecular formula is C16H16Br2O. The largest absolute Gasteiger partial charge is 0.457 e. The number of hydrogen-bond acceptors (Lipinski definition) is 1. The van der Waals surface area contributed by atoms with Gasteiger partial charge in [-0.15, -0.1) is 0 Å². The summed E-state index contributed by atoms with van der Waals surface area (Å²) in [5.41, 5.74) is 4.80. The number of ether oxygens (including phenoxy) is 1. The van der Waals surface area contributed by atoms with Gasteiger partial charge in [0.2, 0.25) is 0 Å². The molecule has 0 fully saturated rings. The molecule has 0 N–H and O–H groups in total. The minimum absolute atomic E-state index is 0.777. The third kappa shape index (κ3) is 3.40. The van der Waals surface area contributed by atoms with Crippen LogP contribution in [0.5, 0.6) is 11.5 Å². The molecule has 19 heavy (non-hydrogen) atoms. The lowest BCUT2D eigenvalue weighted by atomic mass is 10.1. The number of rotatable bonds is 3. The second kappa shape index (κ2) is 6.10. The van der Waals surface area contributed by atoms with Gasteiger partial charge in [0.15, 0.2) is 0 Å². The van der Waals surface area contributed by atoms with Crippen molar-refractivity contribution >= 4 is 31.9 Å². The first-order valence-corrected chi connectivity index (χ1v) is 8.03. The predicted octanol–water partition coefficient (Wildman–Crippen LogP) is 6.06. The van der Waals surface area contributed by atoms with E-state index in [-0.39, 0.29) is 0 Å². The van der Waals surface area contributed by atoms with Crippen molar-refractivity contribution in [1.29, 1.82) is 0 Å². The van der Waals surface area contributed by atoms with Crippen LogP contribution in [-0.2, 0) is 5.33 Å². The molecule has 0 aliphatic carbocycles. The quantitative estimate of drug-likeness (QED) is 0.585. The second-order valence-electron chi connectivity index (χ2n) is 4.69. The summed E-state index contributed by atoms with van der Waals surface area (Å²) in [4.78, 5) is 0. The number of alkyl halides is 1. The van der Waals surface area contributed by atoms with Crippen LogP contribution in [-0.4, -0.2) is 0 Å². The van der Waals surface area contributed by atoms with Gasteiger partial charge in [0, 0.05) is 15.4 Å². The fourth-order valence-corrected chi connectivity index (χ4v) is 2.76. The zero-order valence-corrected chi connectivity index (χ0v) is 14.4. The maximum Gasteiger partial charge on any atom is 0.132 e. The highest BCUT2D eigenvalue weighted by Gasteiger charge is 2.09. The van der Waals surface area contributed by atoms with E-state index in [0.29, 0.717) is 0 Å². The van der Waals surface area contributed by atoms with E-state index < -0.39 is 0 Å². The molecule has 0 unspecified atom stereocenters. The molecular weight excluding hydrogens is 368 g/mol. The Morgan fingerprint density at radius 1 is 1.00 bits per heavy atom. The van der Waals surface area contributed by atoms with Crippen LogP contribution in [0.25, 0.3) is 0 Å². The number of hydrogen-bond donors (Lipinski definition) is 0. The fourth-order valence-electron chi connectivity index (χ4n) is 1.96. The van der Waals surface area contributed by atoms with Gasteiger partial charge in [-0.1, -0.05) is 44.0 Å². The number of halogens is 2. The van der Waals surface area contributed by atoms with Crippen LogP contribution in [0.15, 0.2) is 34.8 Å². The van der Waals surface area contributed by atoms with Crippen molar-refractivity contribution in [2.24, 2.45) is 0 Å². The highest BCUT2D eigenvalue weighted by atomic mass is 79.9. The summed E-state index contributed by atoms with van der Waals surface area (Å²) in [6.45, 7) is 6.29. The summed E-state index contributed by atoms with van der Waals surface area (Å²) >= 11 is 6.99. The Kier molecular flexibility index (Phi) is 4.69. The van der Waals surface area contributed by atoms with Gasteiger partial charge in [-0.25, -0.2) is 0 Å². The van der Waals surface area contributed by atoms with Crippen LogP contribution in [0.2, 0.25) is 0 Å². The highest BCUT2D eigenvalue weighted by molar-refractivity contribution is 9.10. The van der Waals surface area contributed by atoms with E-state index in [1.165, 1.54) is 16.7 Å². The van der Waals surface area contributed by atoms with E-state index in [1.807, 2.05) is 12.1 Å². The molecule has 0 heterocycles. The molecule has 3 heteroatoms. The van der Waals surface area contributed by atoms with Gasteiger partial charge in [0.05, 0.1) is 0 Å². The van der Waals surface area contributed by atoms with Gasteiger partial charge < -0.3 is 4.74 Å². The summed E-state index contributed by atoms with van der Waals surface area (Å²) in [7, 11) is 0. The maximum atomic E-state index is 6.11. The van der Waals surface area contributed by atoms with Crippen LogP contribution in [0.3, 0.4) is 0 Å². The zero-order valence-electron chi connectivity index (χ0n) is 11.3. The molecule has 2 aromatic carbocycles. The lowest BCUT2D eigenvalue weighted by Crippen LogP contribution is -1.94. The molecule has 2 aromatic rings. The van der Waals surface area contributed by atoms with Crippen molar-refractivity contribution in [1.82, 2.24) is 0 Å². The van der Waals surface area contributed by atoms with Gasteiger partial charge in [-0.3, -0.25) is 0 Å². The summed E-state index contributed by atoms with van der Waals surface area (Å²) in [6.07, 6.45) is 0. The van der Waals surface area contributed by atoms with Crippen LogP contribution in [0.4, 0.5) is 0 Å². The SMILES string of the molecule is Cc1cc(C)c(C)c(Oc2cc(Br)ccc2CBr)c1. The van der Waals surface area contributed by atoms with Gasteiger partial charge in [0.1, 0.15) is 11.5 Å². The molecule has 0 bridgehead atoms. The smallest absolute Gasteiger partial charge is 0.132 e. The number of aryl methyl sites for hydroxylation is 2. The third-order valence-electron chi connectivity index (χ3n) is 3.16. The first kappa shape index (κ1) is 14.6. The van der Waals surface area contributed by atoms with Gasteiger partial charge in [0.25, 0.3) is 0 Å². The average Bonchev–Trinajstić information content (AvgIpc) is 2.35. The molecule has 0 amide bonds. The first-order chi connectivity index (χ1) is 9.01. The van der Waals surface area contributed by atoms with Crippen LogP contribution >= 0.6 is 31.9 Å². The minimum Gasteiger partial charge on any atom is -0.457 e. The van der Waals surface area contributed by atoms with Crippen molar-refractivity contribution < 1.29 is 4.74 Å². The Balaban J connectivity index is 2.44. The first-order valence-electron chi connectivity index (χ1n) is 6.11. The summed E-state index contributed by atoms with van der Waals surface area (Å²) in [6, 6.07) is 10.4. The third-order valence-corrected chi connectivity index (χ3v) is 4.25. The molecule has 2 rings (SSSR count). The van der Waals surface area contributed by atoms with E-state index in [2.05, 4.69) is 70.8 Å². The van der Waals surface area contributed by atoms with Crippen molar-refractivity contribution in [3.63, 3.8) is 0 Å². The van der Waals surface area contributed by atoms with Gasteiger partial charge in [-0.05, 0) is 55.7 Å². The minimum atomic E-state index is 0.777. The normalized spacial score (nSPS) is 10.6. The Bertz CT molecular complexity index is 606. The van der Waals surface area contributed by atoms with E-state index >= 15 is 0 Å². The zero-order chi connectivity index (χ0) is 14.0. The molecule has 100 valence electrons. The molecule has 0 saturated carbocycles. The summed E-state index contributed by atoms with van der Waals surface area (Å²) < 4.78 is 7.14. The molecule has 0 aliphatic rings. The molecule has 0 aromatic heterocycles. The lowest BCUT2D eigenvalue weighted by Gasteiger charge is -2.14. The Morgan fingerprint density at radius 2 is 1.74 bits per heavy atom. The topological polar surface area (TPSA) is 9.23 Å². The maximum absolute atomic E-state index is 6.11. The average molecular weight is 384 g/mol. The van der Waals surface area contributed by atoms with Crippen LogP contribution < -0.4 is 4.74 Å². The predicted molar refractivity (Wildman–Crippen MR) is 87.5 cm³/mol. The van der Waals surface area contributed by atoms with E-state index in [0.717, 1.165) is 26.9 Å². The van der Waals surface area contributed by atoms with Gasteiger partial charge >= 0.3 is 0 Å². The van der Waals surface area contributed by atoms with Crippen LogP contribution in [0, 0.1) is 20.8 Å². The van der Waals surface area contributed by atoms with Crippen molar-refractivity contribution in [2.75, 3.05) is 0 Å². The highest BCUT2D eigenvalue weighted by Crippen LogP contribution is 2.33. The summed E-state index contributed by atoms with van der Waals surface area (Å²) in [5, 5.41) is 0.777. The Morgan fingerprint density at radius 3 is 2.42 bits per heavy atom. The van der Waals surface area contributed by atoms with Gasteiger partial charge in [-0.2, -0.15) is 0 Å². The van der Waals surface area contributed by atoms with E-state index in [4.69, 9.17) is 4.74 Å². The van der Waals surface area contributed by atoms with E-state index in [9.17, 15) is 0 Å². The van der Waals surface area contributed by atoms with Crippen LogP contribution in [0.1, 0.15) is 22.3 Å². The molecule has 0 radical (unpaired) electrons.